The number of aromatic amines is 1. The van der Waals surface area contributed by atoms with Gasteiger partial charge in [0, 0.05) is 16.3 Å². The number of pyridine rings is 1. The highest BCUT2D eigenvalue weighted by molar-refractivity contribution is 6.11. The van der Waals surface area contributed by atoms with Gasteiger partial charge >= 0.3 is 5.97 Å². The zero-order valence-corrected chi connectivity index (χ0v) is 16.9. The van der Waals surface area contributed by atoms with Crippen LogP contribution in [0.1, 0.15) is 80.4 Å². The summed E-state index contributed by atoms with van der Waals surface area (Å²) in [5.74, 6) is 0.241. The molecule has 1 atom stereocenters. The second-order valence-corrected chi connectivity index (χ2v) is 7.30. The average molecular weight is 367 g/mol. The first-order valence-electron chi connectivity index (χ1n) is 10.2. The summed E-state index contributed by atoms with van der Waals surface area (Å²) in [6.45, 7) is 8.63. The van der Waals surface area contributed by atoms with Crippen LogP contribution in [0.2, 0.25) is 0 Å². The van der Waals surface area contributed by atoms with Crippen molar-refractivity contribution in [3.05, 3.63) is 41.2 Å². The van der Waals surface area contributed by atoms with Gasteiger partial charge in [0.15, 0.2) is 5.69 Å². The molecule has 0 bridgehead atoms. The molecule has 0 saturated heterocycles. The maximum Gasteiger partial charge on any atom is 0.357 e. The minimum absolute atomic E-state index is 0.353. The van der Waals surface area contributed by atoms with Gasteiger partial charge in [0.2, 0.25) is 0 Å². The minimum Gasteiger partial charge on any atom is -0.461 e. The summed E-state index contributed by atoms with van der Waals surface area (Å²) in [7, 11) is 0. The Morgan fingerprint density at radius 2 is 1.96 bits per heavy atom. The predicted octanol–water partition coefficient (Wildman–Crippen LogP) is 6.28. The fraction of sp³-hybridized carbons (Fsp3) is 0.478. The number of ether oxygens (including phenoxy) is 1. The molecule has 2 heterocycles. The molecule has 144 valence electrons. The standard InChI is InChI=1S/C23H30N2O2/c1-5-8-10-16(9-6-2)17-11-12-19-18(13-17)21-15(4)22(23(26)27-7-3)24-14-20(21)25-19/h11-14,16,25H,5-10H2,1-4H3. The van der Waals surface area contributed by atoms with Gasteiger partial charge in [-0.1, -0.05) is 39.2 Å². The van der Waals surface area contributed by atoms with Gasteiger partial charge in [0.05, 0.1) is 18.3 Å². The summed E-state index contributed by atoms with van der Waals surface area (Å²) in [6.07, 6.45) is 7.86. The predicted molar refractivity (Wildman–Crippen MR) is 111 cm³/mol. The molecule has 3 aromatic rings. The van der Waals surface area contributed by atoms with Crippen LogP contribution < -0.4 is 0 Å². The van der Waals surface area contributed by atoms with Crippen LogP contribution in [0, 0.1) is 6.92 Å². The van der Waals surface area contributed by atoms with E-state index in [0.29, 0.717) is 18.2 Å². The van der Waals surface area contributed by atoms with Crippen LogP contribution >= 0.6 is 0 Å². The fourth-order valence-corrected chi connectivity index (χ4v) is 4.01. The molecule has 2 aromatic heterocycles. The molecule has 1 aromatic carbocycles. The zero-order valence-electron chi connectivity index (χ0n) is 16.9. The van der Waals surface area contributed by atoms with Crippen molar-refractivity contribution < 1.29 is 9.53 Å². The van der Waals surface area contributed by atoms with E-state index in [1.165, 1.54) is 43.1 Å². The number of fused-ring (bicyclic) bond motifs is 3. The quantitative estimate of drug-likeness (QED) is 0.478. The van der Waals surface area contributed by atoms with Gasteiger partial charge in [-0.25, -0.2) is 9.78 Å². The van der Waals surface area contributed by atoms with Crippen molar-refractivity contribution in [2.24, 2.45) is 0 Å². The highest BCUT2D eigenvalue weighted by atomic mass is 16.5. The van der Waals surface area contributed by atoms with E-state index in [-0.39, 0.29) is 5.97 Å². The van der Waals surface area contributed by atoms with Crippen molar-refractivity contribution in [3.8, 4) is 0 Å². The van der Waals surface area contributed by atoms with Crippen molar-refractivity contribution >= 4 is 27.8 Å². The SMILES string of the molecule is CCCCC(CCC)c1ccc2[nH]c3cnc(C(=O)OCC)c(C)c3c2c1. The van der Waals surface area contributed by atoms with Crippen LogP contribution in [-0.2, 0) is 4.74 Å². The first-order valence-corrected chi connectivity index (χ1v) is 10.2. The number of hydrogen-bond donors (Lipinski definition) is 1. The molecule has 1 N–H and O–H groups in total. The molecule has 4 nitrogen and oxygen atoms in total. The van der Waals surface area contributed by atoms with E-state index < -0.39 is 0 Å². The minimum atomic E-state index is -0.353. The van der Waals surface area contributed by atoms with E-state index >= 15 is 0 Å². The Labute approximate surface area is 161 Å². The van der Waals surface area contributed by atoms with Gasteiger partial charge in [0.1, 0.15) is 0 Å². The highest BCUT2D eigenvalue weighted by Gasteiger charge is 2.18. The molecule has 0 saturated carbocycles. The molecule has 1 unspecified atom stereocenters. The third kappa shape index (κ3) is 3.85. The van der Waals surface area contributed by atoms with Gasteiger partial charge in [-0.05, 0) is 55.9 Å². The van der Waals surface area contributed by atoms with Gasteiger partial charge in [-0.3, -0.25) is 0 Å². The van der Waals surface area contributed by atoms with E-state index in [1.807, 2.05) is 13.8 Å². The van der Waals surface area contributed by atoms with Crippen molar-refractivity contribution in [3.63, 3.8) is 0 Å². The number of hydrogen-bond acceptors (Lipinski definition) is 3. The third-order valence-electron chi connectivity index (χ3n) is 5.39. The molecule has 27 heavy (non-hydrogen) atoms. The summed E-state index contributed by atoms with van der Waals surface area (Å²) < 4.78 is 5.17. The number of nitrogens with zero attached hydrogens (tertiary/aromatic N) is 1. The highest BCUT2D eigenvalue weighted by Crippen LogP contribution is 2.34. The van der Waals surface area contributed by atoms with E-state index in [0.717, 1.165) is 22.0 Å². The van der Waals surface area contributed by atoms with E-state index in [2.05, 4.69) is 42.0 Å². The second kappa shape index (κ2) is 8.55. The number of aryl methyl sites for hydroxylation is 1. The normalized spacial score (nSPS) is 12.6. The molecule has 0 spiro atoms. The van der Waals surface area contributed by atoms with Gasteiger partial charge in [-0.15, -0.1) is 0 Å². The number of nitrogens with one attached hydrogen (secondary N) is 1. The molecule has 0 aliphatic rings. The summed E-state index contributed by atoms with van der Waals surface area (Å²) in [6, 6.07) is 6.73. The van der Waals surface area contributed by atoms with Crippen molar-refractivity contribution in [2.45, 2.75) is 65.7 Å². The van der Waals surface area contributed by atoms with Gasteiger partial charge in [0.25, 0.3) is 0 Å². The van der Waals surface area contributed by atoms with E-state index in [1.54, 1.807) is 6.20 Å². The van der Waals surface area contributed by atoms with E-state index in [9.17, 15) is 4.79 Å². The summed E-state index contributed by atoms with van der Waals surface area (Å²) in [5, 5.41) is 2.25. The van der Waals surface area contributed by atoms with Crippen LogP contribution in [0.15, 0.2) is 24.4 Å². The Morgan fingerprint density at radius 1 is 1.15 bits per heavy atom. The van der Waals surface area contributed by atoms with Crippen LogP contribution in [-0.4, -0.2) is 22.5 Å². The van der Waals surface area contributed by atoms with Crippen LogP contribution in [0.4, 0.5) is 0 Å². The lowest BCUT2D eigenvalue weighted by molar-refractivity contribution is 0.0519. The molecule has 4 heteroatoms. The maximum absolute atomic E-state index is 12.3. The van der Waals surface area contributed by atoms with E-state index in [4.69, 9.17) is 4.74 Å². The fourth-order valence-electron chi connectivity index (χ4n) is 4.01. The van der Waals surface area contributed by atoms with Crippen molar-refractivity contribution in [2.75, 3.05) is 6.61 Å². The Hall–Kier alpha value is -2.36. The number of carbonyl (C=O) groups excluding carboxylic acids is 1. The molecule has 0 aliphatic heterocycles. The number of unbranched alkanes of at least 4 members (excludes halogenated alkanes) is 1. The maximum atomic E-state index is 12.3. The molecule has 0 fully saturated rings. The van der Waals surface area contributed by atoms with Crippen LogP contribution in [0.3, 0.4) is 0 Å². The molecule has 0 amide bonds. The monoisotopic (exact) mass is 366 g/mol. The number of aromatic nitrogens is 2. The lowest BCUT2D eigenvalue weighted by Crippen LogP contribution is -2.09. The summed E-state index contributed by atoms with van der Waals surface area (Å²) in [4.78, 5) is 20.0. The lowest BCUT2D eigenvalue weighted by atomic mass is 9.89. The number of benzene rings is 1. The average Bonchev–Trinajstić information content (AvgIpc) is 3.04. The number of rotatable bonds is 8. The summed E-state index contributed by atoms with van der Waals surface area (Å²) >= 11 is 0. The lowest BCUT2D eigenvalue weighted by Gasteiger charge is -2.16. The van der Waals surface area contributed by atoms with Crippen LogP contribution in [0.5, 0.6) is 0 Å². The Morgan fingerprint density at radius 3 is 2.67 bits per heavy atom. The van der Waals surface area contributed by atoms with Crippen LogP contribution in [0.25, 0.3) is 21.8 Å². The number of esters is 1. The number of carbonyl (C=O) groups is 1. The molecular formula is C23H30N2O2. The zero-order chi connectivity index (χ0) is 19.4. The van der Waals surface area contributed by atoms with Gasteiger partial charge in [-0.2, -0.15) is 0 Å². The third-order valence-corrected chi connectivity index (χ3v) is 5.39. The van der Waals surface area contributed by atoms with Crippen molar-refractivity contribution in [1.29, 1.82) is 0 Å². The first-order chi connectivity index (χ1) is 13.1. The summed E-state index contributed by atoms with van der Waals surface area (Å²) in [5.41, 5.74) is 4.74. The molecular weight excluding hydrogens is 336 g/mol. The number of H-pyrrole nitrogens is 1. The second-order valence-electron chi connectivity index (χ2n) is 7.30. The molecule has 0 radical (unpaired) electrons. The Balaban J connectivity index is 2.12. The smallest absolute Gasteiger partial charge is 0.357 e. The first kappa shape index (κ1) is 19.4. The Kier molecular flexibility index (Phi) is 6.15. The van der Waals surface area contributed by atoms with Gasteiger partial charge < -0.3 is 9.72 Å². The Bertz CT molecular complexity index is 942. The molecule has 3 rings (SSSR count). The largest absolute Gasteiger partial charge is 0.461 e. The molecule has 0 aliphatic carbocycles. The van der Waals surface area contributed by atoms with Crippen molar-refractivity contribution in [1.82, 2.24) is 9.97 Å². The topological polar surface area (TPSA) is 55.0 Å².